The van der Waals surface area contributed by atoms with Crippen molar-refractivity contribution in [2.45, 2.75) is 68.5 Å². The van der Waals surface area contributed by atoms with E-state index in [-0.39, 0.29) is 29.3 Å². The molecule has 0 unspecified atom stereocenters. The average molecular weight is 525 g/mol. The zero-order valence-electron chi connectivity index (χ0n) is 21.1. The summed E-state index contributed by atoms with van der Waals surface area (Å²) in [6.07, 6.45) is 7.09. The number of anilines is 1. The van der Waals surface area contributed by atoms with Crippen molar-refractivity contribution in [3.05, 3.63) is 47.7 Å². The number of benzene rings is 1. The fourth-order valence-electron chi connectivity index (χ4n) is 6.78. The summed E-state index contributed by atoms with van der Waals surface area (Å²) in [6.45, 7) is 2.07. The van der Waals surface area contributed by atoms with Crippen molar-refractivity contribution in [1.82, 2.24) is 15.2 Å². The zero-order chi connectivity index (χ0) is 25.8. The van der Waals surface area contributed by atoms with Crippen molar-refractivity contribution in [2.24, 2.45) is 5.92 Å². The van der Waals surface area contributed by atoms with Gasteiger partial charge in [-0.2, -0.15) is 0 Å². The monoisotopic (exact) mass is 524 g/mol. The number of fused-ring (bicyclic) bond motifs is 1. The number of nitrogens with two attached hydrogens (primary N) is 1. The Bertz CT molecular complexity index is 1280. The molecule has 198 valence electrons. The lowest BCUT2D eigenvalue weighted by Gasteiger charge is -2.33. The molecule has 0 spiro atoms. The molecule has 2 aliphatic heterocycles. The molecule has 9 heteroatoms. The van der Waals surface area contributed by atoms with E-state index in [2.05, 4.69) is 39.5 Å². The second-order valence-electron chi connectivity index (χ2n) is 11.6. The number of aliphatic hydroxyl groups excluding tert-OH is 1. The van der Waals surface area contributed by atoms with Crippen molar-refractivity contribution in [1.29, 1.82) is 0 Å². The molecular formula is C28H36N4O4S. The number of likely N-dealkylation sites (tertiary alicyclic amines) is 1. The van der Waals surface area contributed by atoms with Gasteiger partial charge in [0.15, 0.2) is 0 Å². The van der Waals surface area contributed by atoms with Gasteiger partial charge in [0, 0.05) is 42.3 Å². The highest BCUT2D eigenvalue weighted by molar-refractivity contribution is 7.91. The van der Waals surface area contributed by atoms with Gasteiger partial charge in [-0.05, 0) is 68.1 Å². The summed E-state index contributed by atoms with van der Waals surface area (Å²) in [5.41, 5.74) is 9.82. The molecule has 3 heterocycles. The van der Waals surface area contributed by atoms with Crippen molar-refractivity contribution in [2.75, 3.05) is 30.3 Å². The minimum atomic E-state index is -2.84. The Labute approximate surface area is 218 Å². The van der Waals surface area contributed by atoms with Crippen molar-refractivity contribution in [3.63, 3.8) is 0 Å². The normalized spacial score (nSPS) is 31.5. The molecule has 1 aromatic heterocycles. The minimum Gasteiger partial charge on any atom is -0.393 e. The standard InChI is InChI=1S/C28H36N4O4S/c29-26-25(27(34)31-22-5-7-24(33)8-6-22)13-19(15-30-26)18-1-3-20(4-2-18)28-14-21(28)16-32(17-28)23-9-11-37(35,36)12-10-23/h1-4,13,15,21-24,33H,5-12,14,16-17H2,(H2,29,30)(H,31,34)/t21-,22?,24?,28+/m1/s1. The van der Waals surface area contributed by atoms with E-state index in [0.29, 0.717) is 41.9 Å². The van der Waals surface area contributed by atoms with Gasteiger partial charge in [0.1, 0.15) is 15.7 Å². The third-order valence-corrected chi connectivity index (χ3v) is 10.9. The van der Waals surface area contributed by atoms with Crippen LogP contribution in [0.3, 0.4) is 0 Å². The van der Waals surface area contributed by atoms with Gasteiger partial charge in [0.25, 0.3) is 5.91 Å². The summed E-state index contributed by atoms with van der Waals surface area (Å²) in [5.74, 6) is 1.28. The Morgan fingerprint density at radius 1 is 1.05 bits per heavy atom. The number of aliphatic hydroxyl groups is 1. The van der Waals surface area contributed by atoms with Crippen LogP contribution in [0, 0.1) is 5.92 Å². The molecule has 2 aliphatic carbocycles. The Kier molecular flexibility index (Phi) is 6.28. The first-order chi connectivity index (χ1) is 17.7. The molecule has 4 N–H and O–H groups in total. The lowest BCUT2D eigenvalue weighted by molar-refractivity contribution is 0.0868. The topological polar surface area (TPSA) is 126 Å². The minimum absolute atomic E-state index is 0.0490. The number of nitrogens with zero attached hydrogens (tertiary/aromatic N) is 2. The first-order valence-corrected chi connectivity index (χ1v) is 15.3. The Hall–Kier alpha value is -2.49. The van der Waals surface area contributed by atoms with Crippen molar-refractivity contribution < 1.29 is 18.3 Å². The first-order valence-electron chi connectivity index (χ1n) is 13.5. The molecular weight excluding hydrogens is 488 g/mol. The fourth-order valence-corrected chi connectivity index (χ4v) is 8.25. The highest BCUT2D eigenvalue weighted by Gasteiger charge is 2.61. The second-order valence-corrected chi connectivity index (χ2v) is 13.9. The van der Waals surface area contributed by atoms with Crippen LogP contribution in [-0.4, -0.2) is 72.1 Å². The average Bonchev–Trinajstić information content (AvgIpc) is 3.46. The molecule has 2 atom stereocenters. The molecule has 6 rings (SSSR count). The molecule has 2 saturated heterocycles. The van der Waals surface area contributed by atoms with E-state index >= 15 is 0 Å². The number of hydrogen-bond acceptors (Lipinski definition) is 7. The number of carbonyl (C=O) groups is 1. The zero-order valence-corrected chi connectivity index (χ0v) is 21.9. The van der Waals surface area contributed by atoms with Crippen LogP contribution in [0.15, 0.2) is 36.5 Å². The van der Waals surface area contributed by atoms with Crippen molar-refractivity contribution >= 4 is 21.6 Å². The fraction of sp³-hybridized carbons (Fsp3) is 0.571. The number of nitrogen functional groups attached to an aromatic ring is 1. The number of piperidine rings is 1. The van der Waals surface area contributed by atoms with E-state index in [1.54, 1.807) is 6.20 Å². The number of amides is 1. The third-order valence-electron chi connectivity index (χ3n) is 9.20. The summed E-state index contributed by atoms with van der Waals surface area (Å²) in [5, 5.41) is 12.8. The summed E-state index contributed by atoms with van der Waals surface area (Å²) < 4.78 is 23.7. The van der Waals surface area contributed by atoms with Crippen LogP contribution in [0.1, 0.15) is 60.9 Å². The van der Waals surface area contributed by atoms with E-state index in [0.717, 1.165) is 49.9 Å². The number of aromatic nitrogens is 1. The van der Waals surface area contributed by atoms with E-state index in [4.69, 9.17) is 5.73 Å². The van der Waals surface area contributed by atoms with Crippen LogP contribution < -0.4 is 11.1 Å². The Morgan fingerprint density at radius 2 is 1.76 bits per heavy atom. The molecule has 2 aromatic rings. The van der Waals surface area contributed by atoms with Crippen LogP contribution in [0.5, 0.6) is 0 Å². The summed E-state index contributed by atoms with van der Waals surface area (Å²) in [7, 11) is -2.84. The van der Waals surface area contributed by atoms with Gasteiger partial charge in [0.05, 0.1) is 23.2 Å². The Morgan fingerprint density at radius 3 is 2.46 bits per heavy atom. The molecule has 4 aliphatic rings. The van der Waals surface area contributed by atoms with Gasteiger partial charge in [-0.15, -0.1) is 0 Å². The number of sulfone groups is 1. The van der Waals surface area contributed by atoms with E-state index in [9.17, 15) is 18.3 Å². The number of hydrogen-bond donors (Lipinski definition) is 3. The molecule has 1 amide bonds. The smallest absolute Gasteiger partial charge is 0.255 e. The predicted molar refractivity (Wildman–Crippen MR) is 143 cm³/mol. The van der Waals surface area contributed by atoms with Gasteiger partial charge >= 0.3 is 0 Å². The van der Waals surface area contributed by atoms with Crippen LogP contribution in [0.25, 0.3) is 11.1 Å². The van der Waals surface area contributed by atoms with Crippen LogP contribution in [-0.2, 0) is 15.3 Å². The molecule has 0 bridgehead atoms. The van der Waals surface area contributed by atoms with Gasteiger partial charge in [0.2, 0.25) is 0 Å². The van der Waals surface area contributed by atoms with Gasteiger partial charge in [-0.1, -0.05) is 24.3 Å². The highest BCUT2D eigenvalue weighted by Crippen LogP contribution is 2.59. The summed E-state index contributed by atoms with van der Waals surface area (Å²) in [4.78, 5) is 19.8. The summed E-state index contributed by atoms with van der Waals surface area (Å²) in [6, 6.07) is 10.9. The Balaban J connectivity index is 1.13. The maximum atomic E-state index is 12.9. The maximum Gasteiger partial charge on any atom is 0.255 e. The molecule has 4 fully saturated rings. The van der Waals surface area contributed by atoms with E-state index in [1.807, 2.05) is 6.07 Å². The summed E-state index contributed by atoms with van der Waals surface area (Å²) >= 11 is 0. The number of nitrogens with one attached hydrogen (secondary N) is 1. The molecule has 2 saturated carbocycles. The third kappa shape index (κ3) is 4.89. The van der Waals surface area contributed by atoms with Crippen LogP contribution in [0.2, 0.25) is 0 Å². The maximum absolute atomic E-state index is 12.9. The number of pyridine rings is 1. The number of carbonyl (C=O) groups excluding carboxylic acids is 1. The lowest BCUT2D eigenvalue weighted by atomic mass is 9.92. The SMILES string of the molecule is Nc1ncc(-c2ccc([C@@]34C[C@@H]3CN(C3CCS(=O)(=O)CC3)C4)cc2)cc1C(=O)NC1CCC(O)CC1. The molecule has 1 aromatic carbocycles. The van der Waals surface area contributed by atoms with Gasteiger partial charge < -0.3 is 16.2 Å². The molecule has 0 radical (unpaired) electrons. The number of rotatable bonds is 5. The molecule has 37 heavy (non-hydrogen) atoms. The van der Waals surface area contributed by atoms with E-state index in [1.165, 1.54) is 12.0 Å². The van der Waals surface area contributed by atoms with Crippen molar-refractivity contribution in [3.8, 4) is 11.1 Å². The highest BCUT2D eigenvalue weighted by atomic mass is 32.2. The lowest BCUT2D eigenvalue weighted by Crippen LogP contribution is -2.41. The van der Waals surface area contributed by atoms with Gasteiger partial charge in [-0.25, -0.2) is 13.4 Å². The predicted octanol–water partition coefficient (Wildman–Crippen LogP) is 2.51. The molecule has 8 nitrogen and oxygen atoms in total. The van der Waals surface area contributed by atoms with Crippen LogP contribution in [0.4, 0.5) is 5.82 Å². The largest absolute Gasteiger partial charge is 0.393 e. The van der Waals surface area contributed by atoms with Crippen LogP contribution >= 0.6 is 0 Å². The first kappa shape index (κ1) is 24.8. The second kappa shape index (κ2) is 9.36. The van der Waals surface area contributed by atoms with Gasteiger partial charge in [-0.3, -0.25) is 9.69 Å². The quantitative estimate of drug-likeness (QED) is 0.549. The van der Waals surface area contributed by atoms with E-state index < -0.39 is 9.84 Å².